The fourth-order valence-electron chi connectivity index (χ4n) is 9.51. The van der Waals surface area contributed by atoms with E-state index in [1.54, 1.807) is 6.92 Å². The van der Waals surface area contributed by atoms with E-state index in [2.05, 4.69) is 13.8 Å². The van der Waals surface area contributed by atoms with E-state index in [4.69, 9.17) is 18.9 Å². The first-order valence-corrected chi connectivity index (χ1v) is 15.4. The first-order valence-electron chi connectivity index (χ1n) is 15.4. The van der Waals surface area contributed by atoms with Crippen LogP contribution in [0.1, 0.15) is 91.9 Å². The number of aliphatic hydroxyl groups excluding tert-OH is 3. The molecule has 3 saturated carbocycles. The molecule has 0 spiro atoms. The van der Waals surface area contributed by atoms with Gasteiger partial charge in [0.25, 0.3) is 0 Å². The molecule has 0 bridgehead atoms. The molecule has 0 amide bonds. The van der Waals surface area contributed by atoms with Crippen molar-refractivity contribution in [2.45, 2.75) is 147 Å². The molecule has 2 saturated heterocycles. The van der Waals surface area contributed by atoms with Gasteiger partial charge in [-0.05, 0) is 93.5 Å². The minimum absolute atomic E-state index is 0.0944. The van der Waals surface area contributed by atoms with E-state index in [1.165, 1.54) is 24.8 Å². The SMILES string of the molecule is C[C@@H]1O[C@@H](O[C@@H]2[C@H](C)O[C@@H](O[C@H]3CC[C@H]4[C@@H]5CCC6=CC(=O)CC[C@]6(C)[C@H]5CC[C@]34C)C[C@@H]2O)C[C@H](O)[C@@H]1O. The Kier molecular flexibility index (Phi) is 7.57. The molecule has 5 fully saturated rings. The summed E-state index contributed by atoms with van der Waals surface area (Å²) in [6, 6.07) is 0. The number of allylic oxidation sites excluding steroid dienone is 1. The van der Waals surface area contributed by atoms with E-state index in [-0.39, 0.29) is 23.4 Å². The van der Waals surface area contributed by atoms with Crippen molar-refractivity contribution in [2.24, 2.45) is 28.6 Å². The van der Waals surface area contributed by atoms with Crippen LogP contribution in [0.15, 0.2) is 11.6 Å². The van der Waals surface area contributed by atoms with Gasteiger partial charge in [-0.2, -0.15) is 0 Å². The fourth-order valence-corrected chi connectivity index (χ4v) is 9.51. The van der Waals surface area contributed by atoms with E-state index in [0.29, 0.717) is 36.4 Å². The third-order valence-electron chi connectivity index (χ3n) is 11.8. The second-order valence-electron chi connectivity index (χ2n) is 14.0. The van der Waals surface area contributed by atoms with Crippen LogP contribution in [0.5, 0.6) is 0 Å². The first kappa shape index (κ1) is 28.3. The normalized spacial score (nSPS) is 53.9. The molecule has 220 valence electrons. The van der Waals surface area contributed by atoms with Crippen LogP contribution in [-0.4, -0.2) is 76.4 Å². The van der Waals surface area contributed by atoms with Crippen LogP contribution in [0.2, 0.25) is 0 Å². The number of aliphatic hydroxyl groups is 3. The Morgan fingerprint density at radius 2 is 1.56 bits per heavy atom. The van der Waals surface area contributed by atoms with Gasteiger partial charge in [0.05, 0.1) is 30.5 Å². The zero-order valence-electron chi connectivity index (χ0n) is 24.0. The highest BCUT2D eigenvalue weighted by Gasteiger charge is 2.60. The Morgan fingerprint density at radius 1 is 0.846 bits per heavy atom. The van der Waals surface area contributed by atoms with Gasteiger partial charge in [0.1, 0.15) is 12.2 Å². The van der Waals surface area contributed by atoms with E-state index < -0.39 is 49.2 Å². The highest BCUT2D eigenvalue weighted by Crippen LogP contribution is 2.65. The third kappa shape index (κ3) is 4.86. The number of ether oxygens (including phenoxy) is 4. The van der Waals surface area contributed by atoms with Crippen molar-refractivity contribution in [1.29, 1.82) is 0 Å². The molecule has 14 atom stereocenters. The van der Waals surface area contributed by atoms with E-state index in [9.17, 15) is 20.1 Å². The first-order chi connectivity index (χ1) is 18.5. The zero-order chi connectivity index (χ0) is 27.7. The van der Waals surface area contributed by atoms with Crippen LogP contribution in [0.25, 0.3) is 0 Å². The number of carbonyl (C=O) groups is 1. The average molecular weight is 549 g/mol. The summed E-state index contributed by atoms with van der Waals surface area (Å²) in [7, 11) is 0. The highest BCUT2D eigenvalue weighted by molar-refractivity contribution is 5.91. The molecule has 0 aromatic rings. The van der Waals surface area contributed by atoms with Gasteiger partial charge in [-0.25, -0.2) is 0 Å². The lowest BCUT2D eigenvalue weighted by molar-refractivity contribution is -0.319. The van der Waals surface area contributed by atoms with E-state index in [0.717, 1.165) is 25.7 Å². The van der Waals surface area contributed by atoms with Crippen molar-refractivity contribution in [3.63, 3.8) is 0 Å². The van der Waals surface area contributed by atoms with Gasteiger partial charge in [-0.15, -0.1) is 0 Å². The van der Waals surface area contributed by atoms with Gasteiger partial charge in [-0.1, -0.05) is 19.4 Å². The van der Waals surface area contributed by atoms with Gasteiger partial charge in [0.2, 0.25) is 0 Å². The van der Waals surface area contributed by atoms with Crippen molar-refractivity contribution in [2.75, 3.05) is 0 Å². The Morgan fingerprint density at radius 3 is 2.31 bits per heavy atom. The summed E-state index contributed by atoms with van der Waals surface area (Å²) >= 11 is 0. The third-order valence-corrected chi connectivity index (χ3v) is 11.8. The van der Waals surface area contributed by atoms with Crippen LogP contribution in [0.3, 0.4) is 0 Å². The summed E-state index contributed by atoms with van der Waals surface area (Å²) in [4.78, 5) is 12.1. The van der Waals surface area contributed by atoms with Gasteiger partial charge in [0.15, 0.2) is 18.4 Å². The number of ketones is 1. The van der Waals surface area contributed by atoms with Crippen LogP contribution in [0.4, 0.5) is 0 Å². The number of hydrogen-bond acceptors (Lipinski definition) is 8. The molecule has 8 heteroatoms. The van der Waals surface area contributed by atoms with Crippen molar-refractivity contribution < 1.29 is 39.1 Å². The summed E-state index contributed by atoms with van der Waals surface area (Å²) in [5.41, 5.74) is 1.67. The zero-order valence-corrected chi connectivity index (χ0v) is 24.0. The van der Waals surface area contributed by atoms with Crippen LogP contribution < -0.4 is 0 Å². The Balaban J connectivity index is 1.08. The van der Waals surface area contributed by atoms with Crippen molar-refractivity contribution in [3.05, 3.63) is 11.6 Å². The molecule has 0 unspecified atom stereocenters. The molecular weight excluding hydrogens is 500 g/mol. The fraction of sp³-hybridized carbons (Fsp3) is 0.903. The second kappa shape index (κ2) is 10.4. The second-order valence-corrected chi connectivity index (χ2v) is 14.0. The topological polar surface area (TPSA) is 115 Å². The molecule has 0 aromatic carbocycles. The molecule has 6 rings (SSSR count). The average Bonchev–Trinajstić information content (AvgIpc) is 3.21. The van der Waals surface area contributed by atoms with Crippen molar-refractivity contribution in [3.8, 4) is 0 Å². The molecule has 3 N–H and O–H groups in total. The van der Waals surface area contributed by atoms with Gasteiger partial charge in [-0.3, -0.25) is 4.79 Å². The number of fused-ring (bicyclic) bond motifs is 5. The Labute approximate surface area is 232 Å². The summed E-state index contributed by atoms with van der Waals surface area (Å²) in [6.07, 6.45) is 5.57. The van der Waals surface area contributed by atoms with Crippen LogP contribution in [-0.2, 0) is 23.7 Å². The van der Waals surface area contributed by atoms with E-state index >= 15 is 0 Å². The predicted molar refractivity (Wildman–Crippen MR) is 142 cm³/mol. The van der Waals surface area contributed by atoms with Gasteiger partial charge >= 0.3 is 0 Å². The molecule has 4 aliphatic carbocycles. The summed E-state index contributed by atoms with van der Waals surface area (Å²) < 4.78 is 24.7. The van der Waals surface area contributed by atoms with Gasteiger partial charge in [0, 0.05) is 19.3 Å². The molecule has 39 heavy (non-hydrogen) atoms. The highest BCUT2D eigenvalue weighted by atomic mass is 16.7. The standard InChI is InChI=1S/C31H48O8/c1-16-28(35)23(33)14-27(36-16)39-29-17(2)37-26(15-24(29)34)38-25-8-7-21-20-6-5-18-13-19(32)9-11-30(18,3)22(20)10-12-31(21,25)4/h13,16-17,20-29,33-35H,5-12,14-15H2,1-4H3/t16-,17-,20-,21-,22-,23-,24-,25-,26-,27-,28+,29+,30-,31-/m0/s1. The Hall–Kier alpha value is -0.870. The smallest absolute Gasteiger partial charge is 0.161 e. The molecule has 6 aliphatic rings. The van der Waals surface area contributed by atoms with Crippen LogP contribution in [0, 0.1) is 28.6 Å². The maximum absolute atomic E-state index is 12.1. The number of carbonyl (C=O) groups excluding carboxylic acids is 1. The monoisotopic (exact) mass is 548 g/mol. The molecule has 2 heterocycles. The lowest BCUT2D eigenvalue weighted by atomic mass is 9.47. The van der Waals surface area contributed by atoms with Gasteiger partial charge < -0.3 is 34.3 Å². The van der Waals surface area contributed by atoms with Crippen molar-refractivity contribution >= 4 is 5.78 Å². The Bertz CT molecular complexity index is 944. The maximum atomic E-state index is 12.1. The maximum Gasteiger partial charge on any atom is 0.161 e. The van der Waals surface area contributed by atoms with E-state index in [1.807, 2.05) is 13.0 Å². The quantitative estimate of drug-likeness (QED) is 0.488. The molecule has 0 aromatic heterocycles. The number of hydrogen-bond donors (Lipinski definition) is 3. The minimum Gasteiger partial charge on any atom is -0.390 e. The molecule has 0 radical (unpaired) electrons. The summed E-state index contributed by atoms with van der Waals surface area (Å²) in [6.45, 7) is 8.42. The van der Waals surface area contributed by atoms with Crippen LogP contribution >= 0.6 is 0 Å². The molecule has 8 nitrogen and oxygen atoms in total. The number of rotatable bonds is 4. The summed E-state index contributed by atoms with van der Waals surface area (Å²) in [5.74, 6) is 2.25. The predicted octanol–water partition coefficient (Wildman–Crippen LogP) is 3.64. The lowest BCUT2D eigenvalue weighted by Crippen LogP contribution is -2.55. The lowest BCUT2D eigenvalue weighted by Gasteiger charge is -2.58. The molecule has 2 aliphatic heterocycles. The largest absolute Gasteiger partial charge is 0.390 e. The summed E-state index contributed by atoms with van der Waals surface area (Å²) in [5, 5.41) is 31.1. The minimum atomic E-state index is -0.943. The molecular formula is C31H48O8. The van der Waals surface area contributed by atoms with Crippen molar-refractivity contribution in [1.82, 2.24) is 0 Å².